The van der Waals surface area contributed by atoms with E-state index in [-0.39, 0.29) is 6.01 Å². The SMILES string of the molecule is Cc1ccn2c(Cl)c(CCc3ccc4nc(N)oc4c3)nc2c1. The van der Waals surface area contributed by atoms with E-state index in [1.165, 1.54) is 5.56 Å². The number of nitrogens with zero attached hydrogens (tertiary/aromatic N) is 3. The summed E-state index contributed by atoms with van der Waals surface area (Å²) in [4.78, 5) is 8.73. The second-order valence-electron chi connectivity index (χ2n) is 5.64. The van der Waals surface area contributed by atoms with E-state index < -0.39 is 0 Å². The molecule has 6 heteroatoms. The van der Waals surface area contributed by atoms with Gasteiger partial charge in [-0.15, -0.1) is 0 Å². The quantitative estimate of drug-likeness (QED) is 0.621. The average molecular weight is 327 g/mol. The highest BCUT2D eigenvalue weighted by Crippen LogP contribution is 2.22. The highest BCUT2D eigenvalue weighted by atomic mass is 35.5. The third kappa shape index (κ3) is 2.53. The lowest BCUT2D eigenvalue weighted by Crippen LogP contribution is -1.92. The van der Waals surface area contributed by atoms with Crippen LogP contribution in [0, 0.1) is 6.92 Å². The number of aryl methyl sites for hydroxylation is 3. The molecule has 0 aliphatic heterocycles. The molecule has 3 heterocycles. The maximum atomic E-state index is 6.43. The molecule has 0 spiro atoms. The molecule has 0 aliphatic rings. The molecule has 0 bridgehead atoms. The Morgan fingerprint density at radius 1 is 1.17 bits per heavy atom. The molecule has 5 nitrogen and oxygen atoms in total. The minimum Gasteiger partial charge on any atom is -0.424 e. The molecule has 0 atom stereocenters. The van der Waals surface area contributed by atoms with Crippen LogP contribution in [0.1, 0.15) is 16.8 Å². The average Bonchev–Trinajstić information content (AvgIpc) is 3.03. The van der Waals surface area contributed by atoms with Gasteiger partial charge in [-0.3, -0.25) is 4.40 Å². The van der Waals surface area contributed by atoms with Crippen molar-refractivity contribution in [3.63, 3.8) is 0 Å². The van der Waals surface area contributed by atoms with Crippen molar-refractivity contribution < 1.29 is 4.42 Å². The number of oxazole rings is 1. The third-order valence-electron chi connectivity index (χ3n) is 3.91. The van der Waals surface area contributed by atoms with Crippen LogP contribution in [0.4, 0.5) is 6.01 Å². The number of nitrogens with two attached hydrogens (primary N) is 1. The first-order valence-corrected chi connectivity index (χ1v) is 7.76. The summed E-state index contributed by atoms with van der Waals surface area (Å²) in [7, 11) is 0. The zero-order chi connectivity index (χ0) is 16.0. The zero-order valence-electron chi connectivity index (χ0n) is 12.6. The molecule has 0 saturated carbocycles. The summed E-state index contributed by atoms with van der Waals surface area (Å²) in [5.74, 6) is 0. The molecule has 0 saturated heterocycles. The first-order chi connectivity index (χ1) is 11.1. The van der Waals surface area contributed by atoms with Crippen molar-refractivity contribution in [1.82, 2.24) is 14.4 Å². The Labute approximate surface area is 137 Å². The van der Waals surface area contributed by atoms with E-state index >= 15 is 0 Å². The summed E-state index contributed by atoms with van der Waals surface area (Å²) in [5, 5.41) is 0.671. The van der Waals surface area contributed by atoms with Crippen LogP contribution in [0.15, 0.2) is 40.9 Å². The maximum absolute atomic E-state index is 6.43. The van der Waals surface area contributed by atoms with Gasteiger partial charge in [0.1, 0.15) is 16.3 Å². The Morgan fingerprint density at radius 2 is 2.04 bits per heavy atom. The van der Waals surface area contributed by atoms with Crippen LogP contribution < -0.4 is 5.73 Å². The molecule has 0 fully saturated rings. The number of anilines is 1. The fourth-order valence-electron chi connectivity index (χ4n) is 2.73. The van der Waals surface area contributed by atoms with E-state index in [0.29, 0.717) is 10.7 Å². The second-order valence-corrected chi connectivity index (χ2v) is 5.99. The number of imidazole rings is 1. The Hall–Kier alpha value is -2.53. The summed E-state index contributed by atoms with van der Waals surface area (Å²) in [5.41, 5.74) is 11.1. The normalized spacial score (nSPS) is 11.6. The zero-order valence-corrected chi connectivity index (χ0v) is 13.3. The van der Waals surface area contributed by atoms with Gasteiger partial charge in [0.25, 0.3) is 6.01 Å². The number of aromatic nitrogens is 3. The molecular weight excluding hydrogens is 312 g/mol. The molecule has 116 valence electrons. The third-order valence-corrected chi connectivity index (χ3v) is 4.31. The molecule has 4 rings (SSSR count). The number of fused-ring (bicyclic) bond motifs is 2. The smallest absolute Gasteiger partial charge is 0.292 e. The number of hydrogen-bond acceptors (Lipinski definition) is 4. The molecule has 3 aromatic heterocycles. The highest BCUT2D eigenvalue weighted by molar-refractivity contribution is 6.30. The van der Waals surface area contributed by atoms with Gasteiger partial charge in [-0.2, -0.15) is 4.98 Å². The first kappa shape index (κ1) is 14.1. The number of halogens is 1. The molecule has 1 aromatic carbocycles. The summed E-state index contributed by atoms with van der Waals surface area (Å²) in [6.07, 6.45) is 3.53. The molecule has 0 radical (unpaired) electrons. The fourth-order valence-corrected chi connectivity index (χ4v) is 3.01. The predicted molar refractivity (Wildman–Crippen MR) is 90.8 cm³/mol. The summed E-state index contributed by atoms with van der Waals surface area (Å²) in [6.45, 7) is 2.04. The fraction of sp³-hybridized carbons (Fsp3) is 0.176. The Morgan fingerprint density at radius 3 is 2.91 bits per heavy atom. The van der Waals surface area contributed by atoms with Crippen molar-refractivity contribution >= 4 is 34.4 Å². The Kier molecular flexibility index (Phi) is 3.23. The van der Waals surface area contributed by atoms with Crippen molar-refractivity contribution in [3.8, 4) is 0 Å². The van der Waals surface area contributed by atoms with Crippen LogP contribution in [0.2, 0.25) is 5.15 Å². The molecule has 23 heavy (non-hydrogen) atoms. The maximum Gasteiger partial charge on any atom is 0.292 e. The van der Waals surface area contributed by atoms with Gasteiger partial charge in [0, 0.05) is 6.20 Å². The van der Waals surface area contributed by atoms with Crippen LogP contribution in [-0.2, 0) is 12.8 Å². The van der Waals surface area contributed by atoms with Crippen LogP contribution in [0.3, 0.4) is 0 Å². The number of pyridine rings is 1. The van der Waals surface area contributed by atoms with Crippen LogP contribution in [0.5, 0.6) is 0 Å². The van der Waals surface area contributed by atoms with Crippen LogP contribution >= 0.6 is 11.6 Å². The molecule has 0 unspecified atom stereocenters. The summed E-state index contributed by atoms with van der Waals surface area (Å²) in [6, 6.07) is 10.1. The van der Waals surface area contributed by atoms with Gasteiger partial charge in [0.2, 0.25) is 0 Å². The largest absolute Gasteiger partial charge is 0.424 e. The van der Waals surface area contributed by atoms with E-state index in [2.05, 4.69) is 9.97 Å². The van der Waals surface area contributed by atoms with E-state index in [4.69, 9.17) is 21.8 Å². The monoisotopic (exact) mass is 326 g/mol. The Balaban J connectivity index is 1.61. The van der Waals surface area contributed by atoms with Crippen molar-refractivity contribution in [2.24, 2.45) is 0 Å². The van der Waals surface area contributed by atoms with Gasteiger partial charge in [0.15, 0.2) is 5.58 Å². The molecule has 0 aliphatic carbocycles. The number of rotatable bonds is 3. The minimum atomic E-state index is 0.191. The van der Waals surface area contributed by atoms with Crippen LogP contribution in [0.25, 0.3) is 16.7 Å². The predicted octanol–water partition coefficient (Wildman–Crippen LogP) is 3.80. The van der Waals surface area contributed by atoms with E-state index in [0.717, 1.165) is 35.3 Å². The molecule has 0 amide bonds. The Bertz CT molecular complexity index is 1020. The van der Waals surface area contributed by atoms with E-state index in [1.54, 1.807) is 0 Å². The molecular formula is C17H15ClN4O. The van der Waals surface area contributed by atoms with Crippen LogP contribution in [-0.4, -0.2) is 14.4 Å². The minimum absolute atomic E-state index is 0.191. The lowest BCUT2D eigenvalue weighted by Gasteiger charge is -2.00. The van der Waals surface area contributed by atoms with Crippen molar-refractivity contribution in [2.45, 2.75) is 19.8 Å². The number of benzene rings is 1. The summed E-state index contributed by atoms with van der Waals surface area (Å²) < 4.78 is 7.27. The van der Waals surface area contributed by atoms with Gasteiger partial charge in [-0.25, -0.2) is 4.98 Å². The highest BCUT2D eigenvalue weighted by Gasteiger charge is 2.11. The number of hydrogen-bond donors (Lipinski definition) is 1. The molecule has 2 N–H and O–H groups in total. The van der Waals surface area contributed by atoms with E-state index in [1.807, 2.05) is 47.9 Å². The second kappa shape index (κ2) is 5.28. The van der Waals surface area contributed by atoms with Crippen molar-refractivity contribution in [3.05, 3.63) is 58.5 Å². The molecule has 4 aromatic rings. The lowest BCUT2D eigenvalue weighted by molar-refractivity contribution is 0.625. The lowest BCUT2D eigenvalue weighted by atomic mass is 10.1. The van der Waals surface area contributed by atoms with Gasteiger partial charge in [0.05, 0.1) is 5.69 Å². The van der Waals surface area contributed by atoms with Crippen molar-refractivity contribution in [2.75, 3.05) is 5.73 Å². The number of nitrogen functional groups attached to an aromatic ring is 1. The first-order valence-electron chi connectivity index (χ1n) is 7.38. The van der Waals surface area contributed by atoms with Gasteiger partial charge in [-0.1, -0.05) is 17.7 Å². The van der Waals surface area contributed by atoms with Gasteiger partial charge in [-0.05, 0) is 55.2 Å². The van der Waals surface area contributed by atoms with Gasteiger partial charge < -0.3 is 10.2 Å². The van der Waals surface area contributed by atoms with Gasteiger partial charge >= 0.3 is 0 Å². The standard InChI is InChI=1S/C17H15ClN4O/c1-10-6-7-22-15(8-10)20-13(16(22)18)5-3-11-2-4-12-14(9-11)23-17(19)21-12/h2,4,6-9H,3,5H2,1H3,(H2,19,21). The van der Waals surface area contributed by atoms with E-state index in [9.17, 15) is 0 Å². The topological polar surface area (TPSA) is 69.3 Å². The summed E-state index contributed by atoms with van der Waals surface area (Å²) >= 11 is 6.43. The van der Waals surface area contributed by atoms with Crippen molar-refractivity contribution in [1.29, 1.82) is 0 Å².